The number of halogens is 1. The van der Waals surface area contributed by atoms with Gasteiger partial charge in [-0.3, -0.25) is 14.9 Å². The Morgan fingerprint density at radius 1 is 1.07 bits per heavy atom. The summed E-state index contributed by atoms with van der Waals surface area (Å²) >= 11 is 2.43. The lowest BCUT2D eigenvalue weighted by Gasteiger charge is -2.05. The molecule has 2 aromatic carbocycles. The number of carbonyl (C=O) groups is 2. The molecule has 3 aromatic rings. The Balaban J connectivity index is 1.45. The third kappa shape index (κ3) is 5.87. The van der Waals surface area contributed by atoms with Crippen molar-refractivity contribution >= 4 is 39.9 Å². The van der Waals surface area contributed by atoms with E-state index >= 15 is 0 Å². The van der Waals surface area contributed by atoms with Crippen molar-refractivity contribution < 1.29 is 18.7 Å². The summed E-state index contributed by atoms with van der Waals surface area (Å²) in [6, 6.07) is 14.4. The Kier molecular flexibility index (Phi) is 6.50. The standard InChI is InChI=1S/C18H14FN3O3S2/c19-13-6-8-14(9-7-13)25-10-16(24)20-17-21-22-18(27-17)26-11-15(23)12-4-2-1-3-5-12/h1-9H,10-11H2,(H,20,21,24). The van der Waals surface area contributed by atoms with E-state index in [0.717, 1.165) is 0 Å². The third-order valence-electron chi connectivity index (χ3n) is 3.26. The Morgan fingerprint density at radius 2 is 1.81 bits per heavy atom. The number of amides is 1. The molecule has 1 N–H and O–H groups in total. The van der Waals surface area contributed by atoms with E-state index in [2.05, 4.69) is 15.5 Å². The lowest BCUT2D eigenvalue weighted by molar-refractivity contribution is -0.118. The molecule has 1 aromatic heterocycles. The van der Waals surface area contributed by atoms with Crippen LogP contribution in [-0.2, 0) is 4.79 Å². The van der Waals surface area contributed by atoms with Gasteiger partial charge in [0.25, 0.3) is 5.91 Å². The maximum atomic E-state index is 12.8. The third-order valence-corrected chi connectivity index (χ3v) is 5.23. The number of anilines is 1. The van der Waals surface area contributed by atoms with Gasteiger partial charge < -0.3 is 4.74 Å². The molecule has 0 saturated carbocycles. The van der Waals surface area contributed by atoms with Crippen LogP contribution >= 0.6 is 23.1 Å². The first-order valence-corrected chi connectivity index (χ1v) is 9.63. The Hall–Kier alpha value is -2.78. The average molecular weight is 403 g/mol. The van der Waals surface area contributed by atoms with Crippen LogP contribution in [0.4, 0.5) is 9.52 Å². The highest BCUT2D eigenvalue weighted by atomic mass is 32.2. The monoisotopic (exact) mass is 403 g/mol. The SMILES string of the molecule is O=C(COc1ccc(F)cc1)Nc1nnc(SCC(=O)c2ccccc2)s1. The van der Waals surface area contributed by atoms with Gasteiger partial charge in [-0.05, 0) is 24.3 Å². The normalized spacial score (nSPS) is 10.4. The molecule has 1 heterocycles. The van der Waals surface area contributed by atoms with Crippen LogP contribution in [0.25, 0.3) is 0 Å². The van der Waals surface area contributed by atoms with Crippen molar-refractivity contribution in [2.24, 2.45) is 0 Å². The molecule has 1 amide bonds. The molecule has 0 fully saturated rings. The van der Waals surface area contributed by atoms with Gasteiger partial charge in [0.15, 0.2) is 16.7 Å². The van der Waals surface area contributed by atoms with Gasteiger partial charge >= 0.3 is 0 Å². The summed E-state index contributed by atoms with van der Waals surface area (Å²) in [5.74, 6) is -0.169. The van der Waals surface area contributed by atoms with E-state index in [0.29, 0.717) is 20.8 Å². The highest BCUT2D eigenvalue weighted by Crippen LogP contribution is 2.26. The number of hydrogen-bond acceptors (Lipinski definition) is 7. The lowest BCUT2D eigenvalue weighted by atomic mass is 10.2. The van der Waals surface area contributed by atoms with Gasteiger partial charge in [-0.15, -0.1) is 10.2 Å². The summed E-state index contributed by atoms with van der Waals surface area (Å²) in [6.45, 7) is -0.236. The maximum Gasteiger partial charge on any atom is 0.264 e. The zero-order chi connectivity index (χ0) is 19.1. The number of carbonyl (C=O) groups excluding carboxylic acids is 2. The van der Waals surface area contributed by atoms with Crippen LogP contribution in [0.5, 0.6) is 5.75 Å². The second-order valence-electron chi connectivity index (χ2n) is 5.24. The summed E-state index contributed by atoms with van der Waals surface area (Å²) in [5, 5.41) is 10.7. The van der Waals surface area contributed by atoms with Crippen LogP contribution in [-0.4, -0.2) is 34.2 Å². The van der Waals surface area contributed by atoms with E-state index in [-0.39, 0.29) is 24.0 Å². The van der Waals surface area contributed by atoms with Crippen molar-refractivity contribution in [1.29, 1.82) is 0 Å². The molecule has 0 saturated heterocycles. The molecule has 3 rings (SSSR count). The molecule has 0 aliphatic carbocycles. The summed E-state index contributed by atoms with van der Waals surface area (Å²) in [4.78, 5) is 24.0. The Labute approximate surface area is 162 Å². The van der Waals surface area contributed by atoms with Crippen LogP contribution in [0.2, 0.25) is 0 Å². The van der Waals surface area contributed by atoms with Crippen molar-refractivity contribution in [2.45, 2.75) is 4.34 Å². The predicted molar refractivity (Wildman–Crippen MR) is 102 cm³/mol. The predicted octanol–water partition coefficient (Wildman–Crippen LogP) is 3.67. The second kappa shape index (κ2) is 9.24. The van der Waals surface area contributed by atoms with Crippen molar-refractivity contribution in [3.05, 3.63) is 66.0 Å². The van der Waals surface area contributed by atoms with E-state index < -0.39 is 5.91 Å². The van der Waals surface area contributed by atoms with E-state index in [1.54, 1.807) is 12.1 Å². The van der Waals surface area contributed by atoms with E-state index in [9.17, 15) is 14.0 Å². The van der Waals surface area contributed by atoms with Gasteiger partial charge in [-0.25, -0.2) is 4.39 Å². The van der Waals surface area contributed by atoms with Crippen molar-refractivity contribution in [3.63, 3.8) is 0 Å². The molecule has 0 spiro atoms. The van der Waals surface area contributed by atoms with Gasteiger partial charge in [0.2, 0.25) is 5.13 Å². The number of benzene rings is 2. The molecule has 0 radical (unpaired) electrons. The number of nitrogens with zero attached hydrogens (tertiary/aromatic N) is 2. The molecule has 0 aliphatic rings. The lowest BCUT2D eigenvalue weighted by Crippen LogP contribution is -2.20. The Morgan fingerprint density at radius 3 is 2.56 bits per heavy atom. The van der Waals surface area contributed by atoms with Gasteiger partial charge in [0.1, 0.15) is 11.6 Å². The van der Waals surface area contributed by atoms with Crippen LogP contribution < -0.4 is 10.1 Å². The van der Waals surface area contributed by atoms with Gasteiger partial charge in [0.05, 0.1) is 5.75 Å². The minimum Gasteiger partial charge on any atom is -0.484 e. The average Bonchev–Trinajstić information content (AvgIpc) is 3.13. The fourth-order valence-electron chi connectivity index (χ4n) is 1.99. The number of aromatic nitrogens is 2. The number of ether oxygens (including phenoxy) is 1. The minimum absolute atomic E-state index is 0.00548. The molecule has 27 heavy (non-hydrogen) atoms. The molecule has 0 unspecified atom stereocenters. The highest BCUT2D eigenvalue weighted by Gasteiger charge is 2.12. The van der Waals surface area contributed by atoms with Crippen molar-refractivity contribution in [3.8, 4) is 5.75 Å². The molecule has 6 nitrogen and oxygen atoms in total. The van der Waals surface area contributed by atoms with Crippen LogP contribution in [0, 0.1) is 5.82 Å². The summed E-state index contributed by atoms with van der Waals surface area (Å²) in [7, 11) is 0. The first kappa shape index (κ1) is 19.0. The molecule has 138 valence electrons. The van der Waals surface area contributed by atoms with Crippen LogP contribution in [0.1, 0.15) is 10.4 Å². The van der Waals surface area contributed by atoms with E-state index in [1.165, 1.54) is 47.4 Å². The molecule has 0 aliphatic heterocycles. The van der Waals surface area contributed by atoms with Gasteiger partial charge in [0, 0.05) is 5.56 Å². The quantitative estimate of drug-likeness (QED) is 0.351. The number of Topliss-reactive ketones (excluding diaryl/α,β-unsaturated/α-hetero) is 1. The Bertz CT molecular complexity index is 917. The first-order chi connectivity index (χ1) is 13.1. The number of rotatable bonds is 8. The van der Waals surface area contributed by atoms with Gasteiger partial charge in [-0.1, -0.05) is 53.4 Å². The van der Waals surface area contributed by atoms with Crippen molar-refractivity contribution in [1.82, 2.24) is 10.2 Å². The highest BCUT2D eigenvalue weighted by molar-refractivity contribution is 8.01. The fourth-order valence-corrected chi connectivity index (χ4v) is 3.65. The zero-order valence-corrected chi connectivity index (χ0v) is 15.6. The summed E-state index contributed by atoms with van der Waals surface area (Å²) in [6.07, 6.45) is 0. The summed E-state index contributed by atoms with van der Waals surface area (Å²) in [5.41, 5.74) is 0.640. The fraction of sp³-hybridized carbons (Fsp3) is 0.111. The summed E-state index contributed by atoms with van der Waals surface area (Å²) < 4.78 is 18.6. The second-order valence-corrected chi connectivity index (χ2v) is 7.44. The molecule has 9 heteroatoms. The van der Waals surface area contributed by atoms with Crippen molar-refractivity contribution in [2.75, 3.05) is 17.7 Å². The maximum absolute atomic E-state index is 12.8. The van der Waals surface area contributed by atoms with Crippen LogP contribution in [0.3, 0.4) is 0 Å². The molecule has 0 bridgehead atoms. The number of hydrogen-bond donors (Lipinski definition) is 1. The largest absolute Gasteiger partial charge is 0.484 e. The smallest absolute Gasteiger partial charge is 0.264 e. The minimum atomic E-state index is -0.410. The molecular weight excluding hydrogens is 389 g/mol. The topological polar surface area (TPSA) is 81.2 Å². The van der Waals surface area contributed by atoms with E-state index in [4.69, 9.17) is 4.74 Å². The van der Waals surface area contributed by atoms with Crippen LogP contribution in [0.15, 0.2) is 58.9 Å². The molecule has 0 atom stereocenters. The van der Waals surface area contributed by atoms with E-state index in [1.807, 2.05) is 18.2 Å². The zero-order valence-electron chi connectivity index (χ0n) is 13.9. The number of thioether (sulfide) groups is 1. The first-order valence-electron chi connectivity index (χ1n) is 7.83. The number of ketones is 1. The van der Waals surface area contributed by atoms with Gasteiger partial charge in [-0.2, -0.15) is 0 Å². The number of nitrogens with one attached hydrogen (secondary N) is 1. The molecular formula is C18H14FN3O3S2.